The lowest BCUT2D eigenvalue weighted by Crippen LogP contribution is -2.12. The van der Waals surface area contributed by atoms with Crippen molar-refractivity contribution in [2.75, 3.05) is 10.8 Å². The van der Waals surface area contributed by atoms with Crippen molar-refractivity contribution in [3.8, 4) is 11.3 Å². The van der Waals surface area contributed by atoms with E-state index in [0.717, 1.165) is 33.4 Å². The number of para-hydroxylation sites is 1. The highest BCUT2D eigenvalue weighted by atomic mass is 16.5. The van der Waals surface area contributed by atoms with Crippen molar-refractivity contribution < 1.29 is 10.0 Å². The molecule has 0 aliphatic carbocycles. The molecule has 104 valence electrons. The monoisotopic (exact) mass is 279 g/mol. The zero-order valence-electron chi connectivity index (χ0n) is 11.1. The van der Waals surface area contributed by atoms with E-state index in [1.165, 1.54) is 0 Å². The summed E-state index contributed by atoms with van der Waals surface area (Å²) in [7, 11) is 0. The number of fused-ring (bicyclic) bond motifs is 5. The molecule has 0 saturated carbocycles. The molecule has 21 heavy (non-hydrogen) atoms. The Bertz CT molecular complexity index is 867. The van der Waals surface area contributed by atoms with Crippen LogP contribution in [0.1, 0.15) is 5.56 Å². The second-order valence-electron chi connectivity index (χ2n) is 5.12. The number of rotatable bonds is 1. The Morgan fingerprint density at radius 1 is 1.14 bits per heavy atom. The Balaban J connectivity index is 2.06. The second kappa shape index (κ2) is 4.36. The van der Waals surface area contributed by atoms with Gasteiger partial charge in [0.1, 0.15) is 0 Å². The zero-order chi connectivity index (χ0) is 14.4. The molecule has 1 aliphatic heterocycles. The Morgan fingerprint density at radius 2 is 2.00 bits per heavy atom. The predicted octanol–water partition coefficient (Wildman–Crippen LogP) is 3.13. The number of hydrogen-bond donors (Lipinski definition) is 4. The number of benzene rings is 2. The fourth-order valence-corrected chi connectivity index (χ4v) is 2.90. The molecule has 1 aliphatic rings. The maximum atomic E-state index is 12.1. The summed E-state index contributed by atoms with van der Waals surface area (Å²) in [5.41, 5.74) is 7.39. The summed E-state index contributed by atoms with van der Waals surface area (Å²) in [6.45, 7) is 0. The predicted molar refractivity (Wildman–Crippen MR) is 81.5 cm³/mol. The number of amides is 1. The number of nitrogens with one attached hydrogen (secondary N) is 3. The van der Waals surface area contributed by atoms with Crippen molar-refractivity contribution in [3.63, 3.8) is 0 Å². The summed E-state index contributed by atoms with van der Waals surface area (Å²) in [5.74, 6) is -0.0375. The minimum atomic E-state index is -0.0375. The van der Waals surface area contributed by atoms with Gasteiger partial charge in [-0.3, -0.25) is 15.5 Å². The Labute approximate surface area is 120 Å². The fraction of sp³-hybridized carbons (Fsp3) is 0.0625. The van der Waals surface area contributed by atoms with Gasteiger partial charge in [-0.25, -0.2) is 0 Å². The van der Waals surface area contributed by atoms with E-state index < -0.39 is 0 Å². The van der Waals surface area contributed by atoms with Gasteiger partial charge in [0.15, 0.2) is 0 Å². The Morgan fingerprint density at radius 3 is 2.86 bits per heavy atom. The smallest absolute Gasteiger partial charge is 0.228 e. The first kappa shape index (κ1) is 12.0. The molecule has 1 aromatic heterocycles. The van der Waals surface area contributed by atoms with Crippen molar-refractivity contribution in [3.05, 3.63) is 48.0 Å². The number of H-pyrrole nitrogens is 1. The van der Waals surface area contributed by atoms with Crippen LogP contribution in [0, 0.1) is 0 Å². The van der Waals surface area contributed by atoms with E-state index in [-0.39, 0.29) is 5.91 Å². The molecule has 0 bridgehead atoms. The summed E-state index contributed by atoms with van der Waals surface area (Å²) in [6.07, 6.45) is 0.304. The maximum Gasteiger partial charge on any atom is 0.228 e. The number of carbonyl (C=O) groups is 1. The average Bonchev–Trinajstić information content (AvgIpc) is 2.78. The van der Waals surface area contributed by atoms with Gasteiger partial charge in [-0.2, -0.15) is 0 Å². The largest absolute Gasteiger partial charge is 0.354 e. The average molecular weight is 279 g/mol. The first-order valence-electron chi connectivity index (χ1n) is 6.70. The van der Waals surface area contributed by atoms with Gasteiger partial charge in [0.2, 0.25) is 5.91 Å². The summed E-state index contributed by atoms with van der Waals surface area (Å²) in [5, 5.41) is 12.9. The van der Waals surface area contributed by atoms with Crippen LogP contribution in [-0.4, -0.2) is 16.1 Å². The van der Waals surface area contributed by atoms with Crippen LogP contribution in [0.15, 0.2) is 42.5 Å². The number of carbonyl (C=O) groups excluding carboxylic acids is 1. The summed E-state index contributed by atoms with van der Waals surface area (Å²) < 4.78 is 0. The summed E-state index contributed by atoms with van der Waals surface area (Å²) >= 11 is 0. The van der Waals surface area contributed by atoms with Crippen molar-refractivity contribution in [1.29, 1.82) is 0 Å². The Hall–Kier alpha value is -2.79. The van der Waals surface area contributed by atoms with Crippen LogP contribution >= 0.6 is 0 Å². The highest BCUT2D eigenvalue weighted by Crippen LogP contribution is 2.37. The SMILES string of the molecule is O=C1Cc2c([nH]c3ccc(NO)cc23)-c2ccccc2N1. The number of anilines is 2. The molecule has 0 spiro atoms. The first-order chi connectivity index (χ1) is 10.3. The second-order valence-corrected chi connectivity index (χ2v) is 5.12. The molecular weight excluding hydrogens is 266 g/mol. The molecule has 5 nitrogen and oxygen atoms in total. The van der Waals surface area contributed by atoms with Crippen molar-refractivity contribution in [2.24, 2.45) is 0 Å². The minimum absolute atomic E-state index is 0.0375. The van der Waals surface area contributed by atoms with Crippen LogP contribution in [-0.2, 0) is 11.2 Å². The number of hydrogen-bond acceptors (Lipinski definition) is 3. The normalized spacial score (nSPS) is 13.3. The third-order valence-corrected chi connectivity index (χ3v) is 3.84. The third kappa shape index (κ3) is 1.79. The fourth-order valence-electron chi connectivity index (χ4n) is 2.90. The van der Waals surface area contributed by atoms with Crippen LogP contribution in [0.5, 0.6) is 0 Å². The van der Waals surface area contributed by atoms with E-state index in [1.807, 2.05) is 36.4 Å². The van der Waals surface area contributed by atoms with Gasteiger partial charge in [0.25, 0.3) is 0 Å². The quantitative estimate of drug-likeness (QED) is 0.517. The summed E-state index contributed by atoms with van der Waals surface area (Å²) in [6, 6.07) is 13.3. The number of aromatic nitrogens is 1. The van der Waals surface area contributed by atoms with E-state index >= 15 is 0 Å². The minimum Gasteiger partial charge on any atom is -0.354 e. The van der Waals surface area contributed by atoms with E-state index in [0.29, 0.717) is 12.1 Å². The molecule has 0 atom stereocenters. The molecule has 5 heteroatoms. The maximum absolute atomic E-state index is 12.1. The van der Waals surface area contributed by atoms with E-state index in [2.05, 4.69) is 15.8 Å². The third-order valence-electron chi connectivity index (χ3n) is 3.84. The molecular formula is C16H13N3O2. The molecule has 4 N–H and O–H groups in total. The van der Waals surface area contributed by atoms with Crippen molar-refractivity contribution in [1.82, 2.24) is 4.98 Å². The van der Waals surface area contributed by atoms with Gasteiger partial charge < -0.3 is 10.3 Å². The van der Waals surface area contributed by atoms with Gasteiger partial charge >= 0.3 is 0 Å². The molecule has 2 aromatic carbocycles. The topological polar surface area (TPSA) is 77.2 Å². The Kier molecular flexibility index (Phi) is 2.49. The van der Waals surface area contributed by atoms with Crippen LogP contribution in [0.25, 0.3) is 22.2 Å². The molecule has 1 amide bonds. The molecule has 0 saturated heterocycles. The van der Waals surface area contributed by atoms with Crippen molar-refractivity contribution in [2.45, 2.75) is 6.42 Å². The van der Waals surface area contributed by atoms with E-state index in [4.69, 9.17) is 5.21 Å². The van der Waals surface area contributed by atoms with E-state index in [9.17, 15) is 4.79 Å². The standard InChI is InChI=1S/C16H13N3O2/c20-15-8-12-11-7-9(19-21)5-6-14(11)18-16(12)10-3-1-2-4-13(10)17-15/h1-7,18-19,21H,8H2,(H,17,20). The van der Waals surface area contributed by atoms with Crippen LogP contribution in [0.2, 0.25) is 0 Å². The van der Waals surface area contributed by atoms with Gasteiger partial charge in [-0.05, 0) is 29.8 Å². The lowest BCUT2D eigenvalue weighted by Gasteiger charge is -2.05. The van der Waals surface area contributed by atoms with Crippen molar-refractivity contribution >= 4 is 28.2 Å². The summed E-state index contributed by atoms with van der Waals surface area (Å²) in [4.78, 5) is 15.5. The lowest BCUT2D eigenvalue weighted by molar-refractivity contribution is -0.115. The lowest BCUT2D eigenvalue weighted by atomic mass is 10.0. The molecule has 3 aromatic rings. The molecule has 4 rings (SSSR count). The molecule has 0 radical (unpaired) electrons. The zero-order valence-corrected chi connectivity index (χ0v) is 11.1. The van der Waals surface area contributed by atoms with Crippen LogP contribution in [0.4, 0.5) is 11.4 Å². The first-order valence-corrected chi connectivity index (χ1v) is 6.70. The van der Waals surface area contributed by atoms with Gasteiger partial charge in [0.05, 0.1) is 23.5 Å². The molecule has 0 unspecified atom stereocenters. The molecule has 2 heterocycles. The van der Waals surface area contributed by atoms with Gasteiger partial charge in [0, 0.05) is 16.5 Å². The van der Waals surface area contributed by atoms with Gasteiger partial charge in [-0.15, -0.1) is 0 Å². The number of aromatic amines is 1. The van der Waals surface area contributed by atoms with E-state index in [1.54, 1.807) is 6.07 Å². The van der Waals surface area contributed by atoms with Gasteiger partial charge in [-0.1, -0.05) is 18.2 Å². The van der Waals surface area contributed by atoms with Crippen LogP contribution < -0.4 is 10.8 Å². The molecule has 0 fully saturated rings. The highest BCUT2D eigenvalue weighted by Gasteiger charge is 2.22. The highest BCUT2D eigenvalue weighted by molar-refractivity contribution is 6.05. The van der Waals surface area contributed by atoms with Crippen LogP contribution in [0.3, 0.4) is 0 Å².